The van der Waals surface area contributed by atoms with E-state index in [9.17, 15) is 0 Å². The monoisotopic (exact) mass is 388 g/mol. The average Bonchev–Trinajstić information content (AvgIpc) is 2.62. The van der Waals surface area contributed by atoms with Crippen LogP contribution in [0.1, 0.15) is 6.92 Å². The van der Waals surface area contributed by atoms with Gasteiger partial charge >= 0.3 is 0 Å². The number of ether oxygens (including phenoxy) is 1. The summed E-state index contributed by atoms with van der Waals surface area (Å²) in [5.74, 6) is 1.76. The van der Waals surface area contributed by atoms with E-state index >= 15 is 0 Å². The summed E-state index contributed by atoms with van der Waals surface area (Å²) in [6.45, 7) is 2.70. The zero-order valence-corrected chi connectivity index (χ0v) is 15.8. The highest BCUT2D eigenvalue weighted by atomic mass is 35.5. The zero-order chi connectivity index (χ0) is 18.5. The fourth-order valence-electron chi connectivity index (χ4n) is 2.24. The Kier molecular flexibility index (Phi) is 5.65. The number of hydrogen-bond donors (Lipinski definition) is 3. The fourth-order valence-corrected chi connectivity index (χ4v) is 2.75. The van der Waals surface area contributed by atoms with Gasteiger partial charge in [0.05, 0.1) is 18.3 Å². The van der Waals surface area contributed by atoms with E-state index in [1.807, 2.05) is 19.1 Å². The van der Waals surface area contributed by atoms with Crippen LogP contribution in [0.2, 0.25) is 5.02 Å². The Morgan fingerprint density at radius 1 is 1.19 bits per heavy atom. The molecule has 3 N–H and O–H groups in total. The molecule has 0 radical (unpaired) electrons. The molecular weight excluding hydrogens is 372 g/mol. The number of rotatable bonds is 5. The van der Waals surface area contributed by atoms with Gasteiger partial charge in [0.1, 0.15) is 17.1 Å². The molecule has 26 heavy (non-hydrogen) atoms. The quantitative estimate of drug-likeness (QED) is 0.570. The predicted molar refractivity (Wildman–Crippen MR) is 109 cm³/mol. The summed E-state index contributed by atoms with van der Waals surface area (Å²) in [6.07, 6.45) is 1.64. The van der Waals surface area contributed by atoms with Crippen LogP contribution in [0.25, 0.3) is 11.2 Å². The van der Waals surface area contributed by atoms with E-state index in [2.05, 4.69) is 30.9 Å². The van der Waals surface area contributed by atoms with Gasteiger partial charge in [-0.2, -0.15) is 0 Å². The number of benzene rings is 1. The van der Waals surface area contributed by atoms with Crippen molar-refractivity contribution in [3.63, 3.8) is 0 Å². The molecule has 2 heterocycles. The van der Waals surface area contributed by atoms with Crippen molar-refractivity contribution in [2.75, 3.05) is 24.3 Å². The lowest BCUT2D eigenvalue weighted by molar-refractivity contribution is 0.415. The van der Waals surface area contributed by atoms with Gasteiger partial charge in [0, 0.05) is 12.2 Å². The van der Waals surface area contributed by atoms with Gasteiger partial charge in [0.25, 0.3) is 0 Å². The van der Waals surface area contributed by atoms with Gasteiger partial charge in [-0.1, -0.05) is 11.6 Å². The molecular formula is C17H17ClN6OS. The van der Waals surface area contributed by atoms with Gasteiger partial charge in [-0.25, -0.2) is 15.0 Å². The molecule has 0 bridgehead atoms. The largest absolute Gasteiger partial charge is 0.495 e. The zero-order valence-electron chi connectivity index (χ0n) is 14.2. The van der Waals surface area contributed by atoms with E-state index in [4.69, 9.17) is 28.6 Å². The Morgan fingerprint density at radius 3 is 2.73 bits per heavy atom. The molecule has 7 nitrogen and oxygen atoms in total. The second-order valence-electron chi connectivity index (χ2n) is 5.25. The molecule has 0 aliphatic rings. The van der Waals surface area contributed by atoms with Crippen molar-refractivity contribution in [1.82, 2.24) is 20.3 Å². The molecule has 0 spiro atoms. The summed E-state index contributed by atoms with van der Waals surface area (Å²) in [4.78, 5) is 13.3. The summed E-state index contributed by atoms with van der Waals surface area (Å²) < 4.78 is 5.15. The van der Waals surface area contributed by atoms with E-state index in [0.717, 1.165) is 12.2 Å². The molecule has 0 amide bonds. The first-order chi connectivity index (χ1) is 12.6. The molecule has 0 aliphatic carbocycles. The highest BCUT2D eigenvalue weighted by molar-refractivity contribution is 7.80. The van der Waals surface area contributed by atoms with Crippen molar-refractivity contribution in [2.45, 2.75) is 6.92 Å². The van der Waals surface area contributed by atoms with E-state index in [1.165, 1.54) is 0 Å². The summed E-state index contributed by atoms with van der Waals surface area (Å²) in [5, 5.41) is 10.2. The molecule has 0 saturated carbocycles. The average molecular weight is 389 g/mol. The number of aromatic nitrogens is 3. The molecule has 3 aromatic rings. The lowest BCUT2D eigenvalue weighted by atomic mass is 10.3. The summed E-state index contributed by atoms with van der Waals surface area (Å²) >= 11 is 11.3. The van der Waals surface area contributed by atoms with Crippen molar-refractivity contribution in [3.8, 4) is 5.75 Å². The minimum Gasteiger partial charge on any atom is -0.495 e. The third-order valence-electron chi connectivity index (χ3n) is 3.41. The van der Waals surface area contributed by atoms with Crippen LogP contribution in [0.5, 0.6) is 5.75 Å². The maximum Gasteiger partial charge on any atom is 0.182 e. The minimum absolute atomic E-state index is 0.499. The first-order valence-corrected chi connectivity index (χ1v) is 8.67. The van der Waals surface area contributed by atoms with Gasteiger partial charge in [0.2, 0.25) is 0 Å². The number of thiocarbonyl (C=S) groups is 1. The Labute approximate surface area is 161 Å². The number of fused-ring (bicyclic) bond motifs is 1. The molecule has 0 aliphatic heterocycles. The standard InChI is InChI=1S/C17H17ClN6OS/c1-3-19-17(26)24-14-7-5-12-16(22-14)23-15(9-20-12)21-10-4-6-13(25-2)11(18)8-10/h4-9H,3H2,1-2H3,(H3,19,21,22,23,24,26). The van der Waals surface area contributed by atoms with E-state index in [1.54, 1.807) is 31.5 Å². The molecule has 134 valence electrons. The highest BCUT2D eigenvalue weighted by Gasteiger charge is 2.06. The number of nitrogens with one attached hydrogen (secondary N) is 3. The molecule has 0 fully saturated rings. The summed E-state index contributed by atoms with van der Waals surface area (Å²) in [5.41, 5.74) is 1.95. The maximum atomic E-state index is 6.15. The van der Waals surface area contributed by atoms with E-state index in [0.29, 0.717) is 38.7 Å². The van der Waals surface area contributed by atoms with Crippen molar-refractivity contribution in [1.29, 1.82) is 0 Å². The molecule has 1 aromatic carbocycles. The molecule has 9 heteroatoms. The molecule has 2 aromatic heterocycles. The second kappa shape index (κ2) is 8.11. The van der Waals surface area contributed by atoms with Gasteiger partial charge in [0.15, 0.2) is 16.6 Å². The molecule has 0 unspecified atom stereocenters. The maximum absolute atomic E-state index is 6.15. The van der Waals surface area contributed by atoms with Crippen LogP contribution in [-0.2, 0) is 0 Å². The van der Waals surface area contributed by atoms with Crippen molar-refractivity contribution in [2.24, 2.45) is 0 Å². The topological polar surface area (TPSA) is 84.0 Å². The Hall–Kier alpha value is -2.71. The van der Waals surface area contributed by atoms with Crippen LogP contribution in [0.4, 0.5) is 17.3 Å². The van der Waals surface area contributed by atoms with Crippen molar-refractivity contribution >= 4 is 57.4 Å². The van der Waals surface area contributed by atoms with Crippen LogP contribution in [-0.4, -0.2) is 33.7 Å². The number of hydrogen-bond acceptors (Lipinski definition) is 6. The van der Waals surface area contributed by atoms with E-state index in [-0.39, 0.29) is 0 Å². The number of pyridine rings is 1. The number of methoxy groups -OCH3 is 1. The lowest BCUT2D eigenvalue weighted by Crippen LogP contribution is -2.28. The van der Waals surface area contributed by atoms with Gasteiger partial charge < -0.3 is 20.7 Å². The van der Waals surface area contributed by atoms with Crippen LogP contribution in [0, 0.1) is 0 Å². The van der Waals surface area contributed by atoms with Gasteiger partial charge in [-0.05, 0) is 49.5 Å². The third kappa shape index (κ3) is 4.27. The lowest BCUT2D eigenvalue weighted by Gasteiger charge is -2.10. The Bertz CT molecular complexity index is 952. The van der Waals surface area contributed by atoms with Gasteiger partial charge in [-0.3, -0.25) is 0 Å². The van der Waals surface area contributed by atoms with Crippen LogP contribution < -0.4 is 20.7 Å². The Balaban J connectivity index is 1.83. The van der Waals surface area contributed by atoms with Crippen molar-refractivity contribution < 1.29 is 4.74 Å². The first-order valence-electron chi connectivity index (χ1n) is 7.88. The minimum atomic E-state index is 0.499. The van der Waals surface area contributed by atoms with Crippen LogP contribution in [0.3, 0.4) is 0 Å². The molecule has 0 atom stereocenters. The summed E-state index contributed by atoms with van der Waals surface area (Å²) in [7, 11) is 1.57. The first kappa shape index (κ1) is 18.1. The highest BCUT2D eigenvalue weighted by Crippen LogP contribution is 2.28. The third-order valence-corrected chi connectivity index (χ3v) is 3.95. The Morgan fingerprint density at radius 2 is 2.00 bits per heavy atom. The van der Waals surface area contributed by atoms with E-state index < -0.39 is 0 Å². The normalized spacial score (nSPS) is 10.4. The van der Waals surface area contributed by atoms with Crippen LogP contribution in [0.15, 0.2) is 36.5 Å². The smallest absolute Gasteiger partial charge is 0.182 e. The predicted octanol–water partition coefficient (Wildman–Crippen LogP) is 3.74. The number of nitrogens with zero attached hydrogens (tertiary/aromatic N) is 3. The van der Waals surface area contributed by atoms with Crippen LogP contribution >= 0.6 is 23.8 Å². The number of anilines is 3. The molecule has 3 rings (SSSR count). The SMILES string of the molecule is CCNC(=S)Nc1ccc2ncc(Nc3ccc(OC)c(Cl)c3)nc2n1. The van der Waals surface area contributed by atoms with Crippen molar-refractivity contribution in [3.05, 3.63) is 41.6 Å². The number of halogens is 1. The second-order valence-corrected chi connectivity index (χ2v) is 6.07. The molecule has 0 saturated heterocycles. The summed E-state index contributed by atoms with van der Waals surface area (Å²) in [6, 6.07) is 9.02. The van der Waals surface area contributed by atoms with Gasteiger partial charge in [-0.15, -0.1) is 0 Å². The fraction of sp³-hybridized carbons (Fsp3) is 0.176.